The number of hydrogen-bond acceptors (Lipinski definition) is 2. The number of nitrogens with zero attached hydrogens (tertiary/aromatic N) is 1. The van der Waals surface area contributed by atoms with Crippen LogP contribution in [-0.4, -0.2) is 25.3 Å². The van der Waals surface area contributed by atoms with Crippen molar-refractivity contribution in [2.24, 2.45) is 0 Å². The van der Waals surface area contributed by atoms with Crippen molar-refractivity contribution >= 4 is 5.69 Å². The third-order valence-electron chi connectivity index (χ3n) is 2.90. The van der Waals surface area contributed by atoms with Gasteiger partial charge in [0.15, 0.2) is 0 Å². The Balaban J connectivity index is 3.17. The van der Waals surface area contributed by atoms with E-state index in [1.165, 1.54) is 12.1 Å². The molecule has 114 valence electrons. The molecule has 1 aromatic rings. The SMILES string of the molecule is CCNCc1cccc(F)c1N(CC(F)(F)F)C(C)C. The summed E-state index contributed by atoms with van der Waals surface area (Å²) in [4.78, 5) is 1.06. The molecular formula is C14H20F4N2. The Kier molecular flexibility index (Phi) is 5.80. The highest BCUT2D eigenvalue weighted by Crippen LogP contribution is 2.29. The molecule has 0 atom stereocenters. The highest BCUT2D eigenvalue weighted by molar-refractivity contribution is 5.55. The zero-order valence-electron chi connectivity index (χ0n) is 11.9. The summed E-state index contributed by atoms with van der Waals surface area (Å²) in [6.07, 6.45) is -4.37. The van der Waals surface area contributed by atoms with Crippen LogP contribution in [0.5, 0.6) is 0 Å². The molecule has 0 aliphatic carbocycles. The highest BCUT2D eigenvalue weighted by atomic mass is 19.4. The number of nitrogens with one attached hydrogen (secondary N) is 1. The average molecular weight is 292 g/mol. The van der Waals surface area contributed by atoms with Crippen molar-refractivity contribution in [1.82, 2.24) is 5.32 Å². The van der Waals surface area contributed by atoms with Crippen LogP contribution in [0.25, 0.3) is 0 Å². The monoisotopic (exact) mass is 292 g/mol. The largest absolute Gasteiger partial charge is 0.405 e. The average Bonchev–Trinajstić information content (AvgIpc) is 2.32. The molecule has 0 spiro atoms. The Morgan fingerprint density at radius 1 is 1.25 bits per heavy atom. The summed E-state index contributed by atoms with van der Waals surface area (Å²) in [6, 6.07) is 3.90. The van der Waals surface area contributed by atoms with Crippen LogP contribution < -0.4 is 10.2 Å². The predicted octanol–water partition coefficient (Wildman–Crippen LogP) is 3.71. The van der Waals surface area contributed by atoms with Gasteiger partial charge < -0.3 is 10.2 Å². The minimum Gasteiger partial charge on any atom is -0.357 e. The minimum atomic E-state index is -4.37. The van der Waals surface area contributed by atoms with Crippen molar-refractivity contribution in [3.05, 3.63) is 29.6 Å². The molecule has 1 aromatic carbocycles. The van der Waals surface area contributed by atoms with E-state index in [0.29, 0.717) is 18.7 Å². The first kappa shape index (κ1) is 16.8. The van der Waals surface area contributed by atoms with E-state index in [0.717, 1.165) is 4.90 Å². The van der Waals surface area contributed by atoms with E-state index in [2.05, 4.69) is 5.32 Å². The van der Waals surface area contributed by atoms with Gasteiger partial charge in [-0.3, -0.25) is 0 Å². The molecule has 1 rings (SSSR count). The molecule has 0 aromatic heterocycles. The van der Waals surface area contributed by atoms with Gasteiger partial charge in [0.25, 0.3) is 0 Å². The lowest BCUT2D eigenvalue weighted by Gasteiger charge is -2.32. The van der Waals surface area contributed by atoms with Gasteiger partial charge in [-0.15, -0.1) is 0 Å². The summed E-state index contributed by atoms with van der Waals surface area (Å²) in [5, 5.41) is 3.01. The topological polar surface area (TPSA) is 15.3 Å². The van der Waals surface area contributed by atoms with Gasteiger partial charge in [0.2, 0.25) is 0 Å². The maximum absolute atomic E-state index is 14.0. The van der Waals surface area contributed by atoms with Gasteiger partial charge in [-0.25, -0.2) is 4.39 Å². The maximum atomic E-state index is 14.0. The fourth-order valence-corrected chi connectivity index (χ4v) is 2.00. The standard InChI is InChI=1S/C14H20F4N2/c1-4-19-8-11-6-5-7-12(15)13(11)20(10(2)3)9-14(16,17)18/h5-7,10,19H,4,8-9H2,1-3H3. The lowest BCUT2D eigenvalue weighted by molar-refractivity contribution is -0.120. The molecule has 0 radical (unpaired) electrons. The van der Waals surface area contributed by atoms with E-state index in [9.17, 15) is 17.6 Å². The number of benzene rings is 1. The predicted molar refractivity (Wildman–Crippen MR) is 72.3 cm³/mol. The van der Waals surface area contributed by atoms with E-state index in [1.807, 2.05) is 6.92 Å². The van der Waals surface area contributed by atoms with Gasteiger partial charge in [-0.05, 0) is 32.0 Å². The van der Waals surface area contributed by atoms with Gasteiger partial charge >= 0.3 is 6.18 Å². The van der Waals surface area contributed by atoms with E-state index in [4.69, 9.17) is 0 Å². The summed E-state index contributed by atoms with van der Waals surface area (Å²) in [7, 11) is 0. The van der Waals surface area contributed by atoms with Gasteiger partial charge in [0.1, 0.15) is 12.4 Å². The Labute approximate surface area is 116 Å². The number of anilines is 1. The molecule has 6 heteroatoms. The van der Waals surface area contributed by atoms with Crippen molar-refractivity contribution in [3.8, 4) is 0 Å². The highest BCUT2D eigenvalue weighted by Gasteiger charge is 2.33. The summed E-state index contributed by atoms with van der Waals surface area (Å²) in [5.41, 5.74) is 0.561. The second-order valence-corrected chi connectivity index (χ2v) is 4.86. The van der Waals surface area contributed by atoms with Crippen LogP contribution in [0.2, 0.25) is 0 Å². The zero-order valence-corrected chi connectivity index (χ0v) is 11.9. The van der Waals surface area contributed by atoms with Crippen LogP contribution in [-0.2, 0) is 6.54 Å². The Hall–Kier alpha value is -1.30. The summed E-state index contributed by atoms with van der Waals surface area (Å²) in [6.45, 7) is 4.96. The minimum absolute atomic E-state index is 0.0285. The second kappa shape index (κ2) is 6.92. The third kappa shape index (κ3) is 4.67. The molecule has 0 unspecified atom stereocenters. The fraction of sp³-hybridized carbons (Fsp3) is 0.571. The number of hydrogen-bond donors (Lipinski definition) is 1. The maximum Gasteiger partial charge on any atom is 0.405 e. The number of para-hydroxylation sites is 1. The zero-order chi connectivity index (χ0) is 15.3. The van der Waals surface area contributed by atoms with Crippen LogP contribution in [0.4, 0.5) is 23.2 Å². The molecule has 0 amide bonds. The normalized spacial score (nSPS) is 12.0. The first-order valence-electron chi connectivity index (χ1n) is 6.57. The van der Waals surface area contributed by atoms with Gasteiger partial charge in [-0.2, -0.15) is 13.2 Å². The lowest BCUT2D eigenvalue weighted by atomic mass is 10.1. The Morgan fingerprint density at radius 3 is 2.40 bits per heavy atom. The molecule has 0 bridgehead atoms. The molecule has 0 saturated heterocycles. The van der Waals surface area contributed by atoms with Crippen molar-refractivity contribution in [2.45, 2.75) is 39.5 Å². The molecule has 0 saturated carbocycles. The van der Waals surface area contributed by atoms with Gasteiger partial charge in [0, 0.05) is 12.6 Å². The quantitative estimate of drug-likeness (QED) is 0.804. The van der Waals surface area contributed by atoms with E-state index in [-0.39, 0.29) is 5.69 Å². The van der Waals surface area contributed by atoms with Gasteiger partial charge in [0.05, 0.1) is 5.69 Å². The summed E-state index contributed by atoms with van der Waals surface area (Å²) < 4.78 is 52.1. The van der Waals surface area contributed by atoms with Crippen LogP contribution in [0, 0.1) is 5.82 Å². The van der Waals surface area contributed by atoms with Crippen molar-refractivity contribution < 1.29 is 17.6 Å². The van der Waals surface area contributed by atoms with Crippen LogP contribution in [0.1, 0.15) is 26.3 Å². The third-order valence-corrected chi connectivity index (χ3v) is 2.90. The van der Waals surface area contributed by atoms with E-state index >= 15 is 0 Å². The number of rotatable bonds is 6. The van der Waals surface area contributed by atoms with Crippen molar-refractivity contribution in [2.75, 3.05) is 18.0 Å². The van der Waals surface area contributed by atoms with Crippen molar-refractivity contribution in [1.29, 1.82) is 0 Å². The van der Waals surface area contributed by atoms with E-state index in [1.54, 1.807) is 19.9 Å². The summed E-state index contributed by atoms with van der Waals surface area (Å²) in [5.74, 6) is -0.627. The molecule has 0 aliphatic rings. The molecule has 2 nitrogen and oxygen atoms in total. The van der Waals surface area contributed by atoms with Crippen molar-refractivity contribution in [3.63, 3.8) is 0 Å². The molecular weight excluding hydrogens is 272 g/mol. The van der Waals surface area contributed by atoms with Crippen LogP contribution in [0.3, 0.4) is 0 Å². The van der Waals surface area contributed by atoms with Gasteiger partial charge in [-0.1, -0.05) is 19.1 Å². The first-order chi connectivity index (χ1) is 9.26. The first-order valence-corrected chi connectivity index (χ1v) is 6.57. The molecule has 0 aliphatic heterocycles. The number of alkyl halides is 3. The Bertz CT molecular complexity index is 430. The molecule has 1 N–H and O–H groups in total. The smallest absolute Gasteiger partial charge is 0.357 e. The lowest BCUT2D eigenvalue weighted by Crippen LogP contribution is -2.40. The second-order valence-electron chi connectivity index (χ2n) is 4.86. The van der Waals surface area contributed by atoms with E-state index < -0.39 is 24.6 Å². The summed E-state index contributed by atoms with van der Waals surface area (Å²) >= 11 is 0. The molecule has 0 fully saturated rings. The Morgan fingerprint density at radius 2 is 1.90 bits per heavy atom. The number of halogens is 4. The molecule has 20 heavy (non-hydrogen) atoms. The fourth-order valence-electron chi connectivity index (χ4n) is 2.00. The van der Waals surface area contributed by atoms with Crippen LogP contribution >= 0.6 is 0 Å². The van der Waals surface area contributed by atoms with Crippen LogP contribution in [0.15, 0.2) is 18.2 Å². The molecule has 0 heterocycles.